The van der Waals surface area contributed by atoms with Gasteiger partial charge in [0.25, 0.3) is 0 Å². The number of carboxylic acid groups (broad SMARTS) is 1. The maximum absolute atomic E-state index is 12.4. The first-order valence-electron chi connectivity index (χ1n) is 6.52. The van der Waals surface area contributed by atoms with Crippen molar-refractivity contribution in [3.63, 3.8) is 0 Å². The molecule has 0 aliphatic carbocycles. The van der Waals surface area contributed by atoms with Crippen molar-refractivity contribution >= 4 is 12.0 Å². The minimum Gasteiger partial charge on any atom is -0.480 e. The molecule has 0 unspecified atom stereocenters. The SMILES string of the molecule is CCCCN(CC)C(=O)N(CC(=O)O)C(C)(C)C. The fourth-order valence-electron chi connectivity index (χ4n) is 1.64. The Balaban J connectivity index is 4.86. The Morgan fingerprint density at radius 3 is 2.06 bits per heavy atom. The Labute approximate surface area is 110 Å². The van der Waals surface area contributed by atoms with Crippen molar-refractivity contribution in [2.24, 2.45) is 0 Å². The normalized spacial score (nSPS) is 11.2. The highest BCUT2D eigenvalue weighted by atomic mass is 16.4. The van der Waals surface area contributed by atoms with Crippen molar-refractivity contribution in [2.75, 3.05) is 19.6 Å². The maximum atomic E-state index is 12.4. The van der Waals surface area contributed by atoms with Gasteiger partial charge in [0.1, 0.15) is 6.54 Å². The summed E-state index contributed by atoms with van der Waals surface area (Å²) in [6.07, 6.45) is 1.95. The highest BCUT2D eigenvalue weighted by Gasteiger charge is 2.30. The highest BCUT2D eigenvalue weighted by Crippen LogP contribution is 2.16. The Morgan fingerprint density at radius 2 is 1.72 bits per heavy atom. The van der Waals surface area contributed by atoms with Crippen molar-refractivity contribution in [3.05, 3.63) is 0 Å². The molecule has 0 aliphatic heterocycles. The number of carboxylic acids is 1. The quantitative estimate of drug-likeness (QED) is 0.796. The van der Waals surface area contributed by atoms with Crippen LogP contribution in [-0.2, 0) is 4.79 Å². The molecule has 5 heteroatoms. The zero-order valence-electron chi connectivity index (χ0n) is 12.2. The largest absolute Gasteiger partial charge is 0.480 e. The molecule has 0 aromatic carbocycles. The van der Waals surface area contributed by atoms with Crippen LogP contribution in [0.2, 0.25) is 0 Å². The highest BCUT2D eigenvalue weighted by molar-refractivity contribution is 5.80. The maximum Gasteiger partial charge on any atom is 0.323 e. The molecule has 0 saturated heterocycles. The molecule has 0 heterocycles. The fourth-order valence-corrected chi connectivity index (χ4v) is 1.64. The van der Waals surface area contributed by atoms with Crippen LogP contribution in [0.4, 0.5) is 4.79 Å². The molecule has 0 bridgehead atoms. The molecule has 0 aliphatic rings. The van der Waals surface area contributed by atoms with E-state index in [-0.39, 0.29) is 12.6 Å². The van der Waals surface area contributed by atoms with E-state index in [1.54, 1.807) is 4.90 Å². The van der Waals surface area contributed by atoms with Crippen molar-refractivity contribution < 1.29 is 14.7 Å². The van der Waals surface area contributed by atoms with Gasteiger partial charge in [-0.05, 0) is 34.1 Å². The fraction of sp³-hybridized carbons (Fsp3) is 0.846. The Kier molecular flexibility index (Phi) is 6.73. The molecule has 0 aromatic heterocycles. The van der Waals surface area contributed by atoms with E-state index in [2.05, 4.69) is 6.92 Å². The van der Waals surface area contributed by atoms with E-state index in [4.69, 9.17) is 5.11 Å². The third-order valence-corrected chi connectivity index (χ3v) is 2.77. The topological polar surface area (TPSA) is 60.9 Å². The first-order valence-corrected chi connectivity index (χ1v) is 6.52. The van der Waals surface area contributed by atoms with E-state index in [1.807, 2.05) is 27.7 Å². The molecule has 0 radical (unpaired) electrons. The number of carbonyl (C=O) groups excluding carboxylic acids is 1. The van der Waals surface area contributed by atoms with Gasteiger partial charge in [-0.25, -0.2) is 4.79 Å². The molecule has 0 spiro atoms. The lowest BCUT2D eigenvalue weighted by Gasteiger charge is -2.38. The van der Waals surface area contributed by atoms with Crippen molar-refractivity contribution in [2.45, 2.75) is 53.0 Å². The molecule has 0 atom stereocenters. The average molecular weight is 258 g/mol. The summed E-state index contributed by atoms with van der Waals surface area (Å²) in [5.74, 6) is -0.982. The number of rotatable bonds is 6. The van der Waals surface area contributed by atoms with Gasteiger partial charge >= 0.3 is 12.0 Å². The zero-order valence-corrected chi connectivity index (χ0v) is 12.2. The van der Waals surface area contributed by atoms with E-state index >= 15 is 0 Å². The summed E-state index contributed by atoms with van der Waals surface area (Å²) < 4.78 is 0. The Hall–Kier alpha value is -1.26. The summed E-state index contributed by atoms with van der Waals surface area (Å²) in [6.45, 7) is 10.5. The summed E-state index contributed by atoms with van der Waals surface area (Å²) in [7, 11) is 0. The van der Waals surface area contributed by atoms with Crippen LogP contribution in [0.5, 0.6) is 0 Å². The molecule has 1 N–H and O–H groups in total. The van der Waals surface area contributed by atoms with Gasteiger partial charge in [0.2, 0.25) is 0 Å². The predicted octanol–water partition coefficient (Wildman–Crippen LogP) is 2.41. The molecule has 0 saturated carbocycles. The summed E-state index contributed by atoms with van der Waals surface area (Å²) in [5, 5.41) is 8.91. The van der Waals surface area contributed by atoms with Crippen LogP contribution in [0.1, 0.15) is 47.5 Å². The van der Waals surface area contributed by atoms with Gasteiger partial charge < -0.3 is 14.9 Å². The second-order valence-electron chi connectivity index (χ2n) is 5.37. The summed E-state index contributed by atoms with van der Waals surface area (Å²) in [4.78, 5) is 26.3. The number of hydrogen-bond acceptors (Lipinski definition) is 2. The minimum atomic E-state index is -0.982. The van der Waals surface area contributed by atoms with Crippen LogP contribution in [0.3, 0.4) is 0 Å². The van der Waals surface area contributed by atoms with Crippen LogP contribution in [0, 0.1) is 0 Å². The van der Waals surface area contributed by atoms with E-state index in [0.29, 0.717) is 13.1 Å². The monoisotopic (exact) mass is 258 g/mol. The number of amides is 2. The number of nitrogens with zero attached hydrogens (tertiary/aromatic N) is 2. The summed E-state index contributed by atoms with van der Waals surface area (Å²) >= 11 is 0. The number of unbranched alkanes of at least 4 members (excludes halogenated alkanes) is 1. The molecule has 106 valence electrons. The van der Waals surface area contributed by atoms with Crippen LogP contribution in [0.15, 0.2) is 0 Å². The first-order chi connectivity index (χ1) is 8.23. The van der Waals surface area contributed by atoms with Crippen molar-refractivity contribution in [1.29, 1.82) is 0 Å². The van der Waals surface area contributed by atoms with Crippen LogP contribution >= 0.6 is 0 Å². The number of carbonyl (C=O) groups is 2. The molecule has 0 fully saturated rings. The van der Waals surface area contributed by atoms with E-state index in [1.165, 1.54) is 4.90 Å². The van der Waals surface area contributed by atoms with Gasteiger partial charge in [-0.3, -0.25) is 4.79 Å². The van der Waals surface area contributed by atoms with Crippen molar-refractivity contribution in [1.82, 2.24) is 9.80 Å². The van der Waals surface area contributed by atoms with E-state index in [9.17, 15) is 9.59 Å². The van der Waals surface area contributed by atoms with Crippen LogP contribution in [0.25, 0.3) is 0 Å². The lowest BCUT2D eigenvalue weighted by molar-refractivity contribution is -0.138. The lowest BCUT2D eigenvalue weighted by atomic mass is 10.1. The van der Waals surface area contributed by atoms with Crippen molar-refractivity contribution in [3.8, 4) is 0 Å². The molecular formula is C13H26N2O3. The average Bonchev–Trinajstić information content (AvgIpc) is 2.25. The Bertz CT molecular complexity index is 284. The lowest BCUT2D eigenvalue weighted by Crippen LogP contribution is -2.53. The van der Waals surface area contributed by atoms with Gasteiger partial charge in [-0.1, -0.05) is 13.3 Å². The smallest absolute Gasteiger partial charge is 0.323 e. The number of urea groups is 1. The van der Waals surface area contributed by atoms with Crippen LogP contribution in [-0.4, -0.2) is 52.1 Å². The second kappa shape index (κ2) is 7.24. The van der Waals surface area contributed by atoms with Gasteiger partial charge in [-0.2, -0.15) is 0 Å². The molecule has 0 rings (SSSR count). The third kappa shape index (κ3) is 5.38. The molecule has 0 aromatic rings. The van der Waals surface area contributed by atoms with E-state index in [0.717, 1.165) is 12.8 Å². The standard InChI is InChI=1S/C13H26N2O3/c1-6-8-9-14(7-2)12(18)15(10-11(16)17)13(3,4)5/h6-10H2,1-5H3,(H,16,17). The van der Waals surface area contributed by atoms with Gasteiger partial charge in [-0.15, -0.1) is 0 Å². The van der Waals surface area contributed by atoms with Gasteiger partial charge in [0.15, 0.2) is 0 Å². The van der Waals surface area contributed by atoms with E-state index < -0.39 is 11.5 Å². The summed E-state index contributed by atoms with van der Waals surface area (Å²) in [6, 6.07) is -0.194. The molecule has 5 nitrogen and oxygen atoms in total. The predicted molar refractivity (Wildman–Crippen MR) is 71.6 cm³/mol. The minimum absolute atomic E-state index is 0.194. The summed E-state index contributed by atoms with van der Waals surface area (Å²) in [5.41, 5.74) is -0.491. The molecule has 2 amide bonds. The number of hydrogen-bond donors (Lipinski definition) is 1. The van der Waals surface area contributed by atoms with Gasteiger partial charge in [0.05, 0.1) is 0 Å². The van der Waals surface area contributed by atoms with Gasteiger partial charge in [0, 0.05) is 18.6 Å². The zero-order chi connectivity index (χ0) is 14.3. The second-order valence-corrected chi connectivity index (χ2v) is 5.37. The first kappa shape index (κ1) is 16.7. The number of aliphatic carboxylic acids is 1. The van der Waals surface area contributed by atoms with Crippen LogP contribution < -0.4 is 0 Å². The third-order valence-electron chi connectivity index (χ3n) is 2.77. The molecular weight excluding hydrogens is 232 g/mol. The Morgan fingerprint density at radius 1 is 1.17 bits per heavy atom. The molecule has 18 heavy (non-hydrogen) atoms.